The van der Waals surface area contributed by atoms with E-state index < -0.39 is 17.8 Å². The predicted molar refractivity (Wildman–Crippen MR) is 62.1 cm³/mol. The number of nitrogens with one attached hydrogen (secondary N) is 1. The smallest absolute Gasteiger partial charge is 0.392 e. The van der Waals surface area contributed by atoms with Gasteiger partial charge in [-0.25, -0.2) is 0 Å². The second-order valence-corrected chi connectivity index (χ2v) is 4.68. The van der Waals surface area contributed by atoms with Gasteiger partial charge in [0.25, 0.3) is 0 Å². The summed E-state index contributed by atoms with van der Waals surface area (Å²) in [6, 6.07) is 5.60. The van der Waals surface area contributed by atoms with E-state index in [-0.39, 0.29) is 17.9 Å². The van der Waals surface area contributed by atoms with Gasteiger partial charge in [0, 0.05) is 6.54 Å². The van der Waals surface area contributed by atoms with Crippen molar-refractivity contribution in [3.05, 3.63) is 35.4 Å². The van der Waals surface area contributed by atoms with Crippen LogP contribution in [0.5, 0.6) is 0 Å². The van der Waals surface area contributed by atoms with Crippen molar-refractivity contribution in [2.75, 3.05) is 13.1 Å². The highest BCUT2D eigenvalue weighted by Gasteiger charge is 2.34. The molecule has 2 rings (SSSR count). The Balaban J connectivity index is 2.18. The van der Waals surface area contributed by atoms with Gasteiger partial charge in [0.05, 0.1) is 11.7 Å². The Labute approximate surface area is 104 Å². The van der Waals surface area contributed by atoms with E-state index in [0.29, 0.717) is 13.0 Å². The second-order valence-electron chi connectivity index (χ2n) is 4.68. The topological polar surface area (TPSA) is 32.3 Å². The largest absolute Gasteiger partial charge is 0.416 e. The fourth-order valence-corrected chi connectivity index (χ4v) is 2.39. The summed E-state index contributed by atoms with van der Waals surface area (Å²) < 4.78 is 38.5. The van der Waals surface area contributed by atoms with Crippen molar-refractivity contribution in [2.24, 2.45) is 5.92 Å². The summed E-state index contributed by atoms with van der Waals surface area (Å²) in [5.41, 5.74) is -0.313. The van der Waals surface area contributed by atoms with E-state index in [1.54, 1.807) is 6.07 Å². The lowest BCUT2D eigenvalue weighted by atomic mass is 9.87. The number of halogens is 3. The van der Waals surface area contributed by atoms with Crippen LogP contribution >= 0.6 is 0 Å². The van der Waals surface area contributed by atoms with E-state index in [0.717, 1.165) is 12.6 Å². The van der Waals surface area contributed by atoms with Crippen molar-refractivity contribution < 1.29 is 18.3 Å². The van der Waals surface area contributed by atoms with Crippen molar-refractivity contribution in [2.45, 2.75) is 25.1 Å². The molecule has 18 heavy (non-hydrogen) atoms. The van der Waals surface area contributed by atoms with Gasteiger partial charge in [-0.3, -0.25) is 0 Å². The third-order valence-corrected chi connectivity index (χ3v) is 3.39. The van der Waals surface area contributed by atoms with E-state index in [4.69, 9.17) is 0 Å². The van der Waals surface area contributed by atoms with E-state index in [9.17, 15) is 18.3 Å². The van der Waals surface area contributed by atoms with Crippen LogP contribution in [0.4, 0.5) is 13.2 Å². The maximum Gasteiger partial charge on any atom is 0.416 e. The number of benzene rings is 1. The Morgan fingerprint density at radius 3 is 2.67 bits per heavy atom. The summed E-state index contributed by atoms with van der Waals surface area (Å²) in [4.78, 5) is 0. The third-order valence-electron chi connectivity index (χ3n) is 3.39. The zero-order valence-electron chi connectivity index (χ0n) is 9.87. The molecule has 1 saturated heterocycles. The maximum absolute atomic E-state index is 12.8. The molecule has 1 heterocycles. The SMILES string of the molecule is OC1CNCCC1Cc1ccccc1C(F)(F)F. The highest BCUT2D eigenvalue weighted by molar-refractivity contribution is 5.30. The average Bonchev–Trinajstić information content (AvgIpc) is 2.31. The summed E-state index contributed by atoms with van der Waals surface area (Å²) in [5, 5.41) is 12.8. The number of aliphatic hydroxyl groups excluding tert-OH is 1. The van der Waals surface area contributed by atoms with Gasteiger partial charge in [-0.15, -0.1) is 0 Å². The molecular formula is C13H16F3NO. The lowest BCUT2D eigenvalue weighted by molar-refractivity contribution is -0.138. The first-order chi connectivity index (χ1) is 8.48. The summed E-state index contributed by atoms with van der Waals surface area (Å²) in [6.45, 7) is 1.20. The van der Waals surface area contributed by atoms with E-state index in [1.807, 2.05) is 0 Å². The van der Waals surface area contributed by atoms with E-state index in [1.165, 1.54) is 12.1 Å². The molecule has 2 N–H and O–H groups in total. The number of rotatable bonds is 2. The molecule has 2 unspecified atom stereocenters. The molecule has 0 saturated carbocycles. The summed E-state index contributed by atoms with van der Waals surface area (Å²) in [5.74, 6) is -0.102. The highest BCUT2D eigenvalue weighted by Crippen LogP contribution is 2.33. The Bertz CT molecular complexity index is 405. The molecule has 5 heteroatoms. The van der Waals surface area contributed by atoms with Crippen molar-refractivity contribution in [1.82, 2.24) is 5.32 Å². The molecule has 1 aliphatic heterocycles. The maximum atomic E-state index is 12.8. The molecule has 1 fully saturated rings. The predicted octanol–water partition coefficient (Wildman–Crippen LogP) is 2.22. The third kappa shape index (κ3) is 3.03. The number of alkyl halides is 3. The Hall–Kier alpha value is -1.07. The van der Waals surface area contributed by atoms with Crippen LogP contribution < -0.4 is 5.32 Å². The van der Waals surface area contributed by atoms with Crippen LogP contribution in [0.15, 0.2) is 24.3 Å². The molecule has 0 radical (unpaired) electrons. The summed E-state index contributed by atoms with van der Waals surface area (Å²) in [6.07, 6.45) is -3.92. The minimum Gasteiger partial charge on any atom is -0.392 e. The molecule has 0 aliphatic carbocycles. The Kier molecular flexibility index (Phi) is 3.92. The van der Waals surface area contributed by atoms with Crippen molar-refractivity contribution in [3.8, 4) is 0 Å². The fourth-order valence-electron chi connectivity index (χ4n) is 2.39. The normalized spacial score (nSPS) is 25.1. The van der Waals surface area contributed by atoms with Crippen LogP contribution in [0.1, 0.15) is 17.5 Å². The molecule has 0 spiro atoms. The van der Waals surface area contributed by atoms with Crippen molar-refractivity contribution in [1.29, 1.82) is 0 Å². The van der Waals surface area contributed by atoms with Crippen LogP contribution in [0, 0.1) is 5.92 Å². The first-order valence-corrected chi connectivity index (χ1v) is 6.02. The van der Waals surface area contributed by atoms with Crippen LogP contribution in [-0.2, 0) is 12.6 Å². The van der Waals surface area contributed by atoms with E-state index >= 15 is 0 Å². The van der Waals surface area contributed by atoms with Gasteiger partial charge in [-0.1, -0.05) is 18.2 Å². The van der Waals surface area contributed by atoms with Gasteiger partial charge in [0.1, 0.15) is 0 Å². The fraction of sp³-hybridized carbons (Fsp3) is 0.538. The van der Waals surface area contributed by atoms with Gasteiger partial charge in [-0.2, -0.15) is 13.2 Å². The van der Waals surface area contributed by atoms with Crippen molar-refractivity contribution in [3.63, 3.8) is 0 Å². The lowest BCUT2D eigenvalue weighted by Crippen LogP contribution is -2.41. The summed E-state index contributed by atoms with van der Waals surface area (Å²) in [7, 11) is 0. The van der Waals surface area contributed by atoms with Crippen LogP contribution in [-0.4, -0.2) is 24.3 Å². The molecule has 0 amide bonds. The van der Waals surface area contributed by atoms with Gasteiger partial charge in [0.15, 0.2) is 0 Å². The minimum atomic E-state index is -4.32. The Morgan fingerprint density at radius 2 is 2.00 bits per heavy atom. The number of β-amino-alcohol motifs (C(OH)–C–C–N with tert-alkyl or cyclic N) is 1. The zero-order chi connectivity index (χ0) is 13.2. The highest BCUT2D eigenvalue weighted by atomic mass is 19.4. The van der Waals surface area contributed by atoms with Crippen LogP contribution in [0.25, 0.3) is 0 Å². The van der Waals surface area contributed by atoms with Gasteiger partial charge in [-0.05, 0) is 36.9 Å². The first-order valence-electron chi connectivity index (χ1n) is 6.02. The number of hydrogen-bond acceptors (Lipinski definition) is 2. The second kappa shape index (κ2) is 5.28. The van der Waals surface area contributed by atoms with Crippen LogP contribution in [0.2, 0.25) is 0 Å². The van der Waals surface area contributed by atoms with Crippen molar-refractivity contribution >= 4 is 0 Å². The minimum absolute atomic E-state index is 0.102. The lowest BCUT2D eigenvalue weighted by Gasteiger charge is -2.29. The number of hydrogen-bond donors (Lipinski definition) is 2. The molecule has 1 aromatic carbocycles. The molecule has 0 aromatic heterocycles. The van der Waals surface area contributed by atoms with Gasteiger partial charge >= 0.3 is 6.18 Å². The standard InChI is InChI=1S/C13H16F3NO/c14-13(15,16)11-4-2-1-3-9(11)7-10-5-6-17-8-12(10)18/h1-4,10,12,17-18H,5-8H2. The number of piperidine rings is 1. The monoisotopic (exact) mass is 259 g/mol. The summed E-state index contributed by atoms with van der Waals surface area (Å²) >= 11 is 0. The molecular weight excluding hydrogens is 243 g/mol. The molecule has 1 aromatic rings. The van der Waals surface area contributed by atoms with Crippen LogP contribution in [0.3, 0.4) is 0 Å². The Morgan fingerprint density at radius 1 is 1.28 bits per heavy atom. The molecule has 0 bridgehead atoms. The van der Waals surface area contributed by atoms with Gasteiger partial charge in [0.2, 0.25) is 0 Å². The average molecular weight is 259 g/mol. The molecule has 2 nitrogen and oxygen atoms in total. The quantitative estimate of drug-likeness (QED) is 0.853. The number of aliphatic hydroxyl groups is 1. The molecule has 2 atom stereocenters. The zero-order valence-corrected chi connectivity index (χ0v) is 9.87. The first kappa shape index (κ1) is 13.4. The van der Waals surface area contributed by atoms with Gasteiger partial charge < -0.3 is 10.4 Å². The molecule has 100 valence electrons. The van der Waals surface area contributed by atoms with E-state index in [2.05, 4.69) is 5.32 Å². The molecule has 1 aliphatic rings.